The molecule has 0 N–H and O–H groups in total. The number of rotatable bonds is 6. The third-order valence-corrected chi connectivity index (χ3v) is 12.7. The molecule has 3 aliphatic heterocycles. The molecule has 10 nitrogen and oxygen atoms in total. The summed E-state index contributed by atoms with van der Waals surface area (Å²) in [6.07, 6.45) is 2.01. The summed E-state index contributed by atoms with van der Waals surface area (Å²) in [4.78, 5) is 30.1. The molecule has 2 aromatic carbocycles. The van der Waals surface area contributed by atoms with Gasteiger partial charge in [0.05, 0.1) is 9.79 Å². The number of piperazine rings is 1. The fourth-order valence-corrected chi connectivity index (χ4v) is 10.3. The third-order valence-electron chi connectivity index (χ3n) is 9.00. The highest BCUT2D eigenvalue weighted by Gasteiger charge is 2.33. The summed E-state index contributed by atoms with van der Waals surface area (Å²) in [5, 5.41) is 0. The Morgan fingerprint density at radius 1 is 0.523 bits per heavy atom. The van der Waals surface area contributed by atoms with Crippen LogP contribution in [0.4, 0.5) is 0 Å². The zero-order valence-corrected chi connectivity index (χ0v) is 27.7. The second-order valence-corrected chi connectivity index (χ2v) is 17.0. The molecule has 2 amide bonds. The monoisotopic (exact) mass is 644 g/mol. The zero-order valence-electron chi connectivity index (χ0n) is 26.1. The van der Waals surface area contributed by atoms with Gasteiger partial charge in [0.15, 0.2) is 0 Å². The zero-order chi connectivity index (χ0) is 31.8. The van der Waals surface area contributed by atoms with E-state index in [0.29, 0.717) is 87.2 Å². The van der Waals surface area contributed by atoms with Gasteiger partial charge in [-0.2, -0.15) is 8.61 Å². The van der Waals surface area contributed by atoms with Crippen molar-refractivity contribution in [1.29, 1.82) is 0 Å². The van der Waals surface area contributed by atoms with Crippen molar-refractivity contribution in [2.75, 3.05) is 52.4 Å². The number of carbonyl (C=O) groups excluding carboxylic acids is 2. The lowest BCUT2D eigenvalue weighted by Gasteiger charge is -2.35. The predicted octanol–water partition coefficient (Wildman–Crippen LogP) is 3.62. The van der Waals surface area contributed by atoms with Gasteiger partial charge in [-0.25, -0.2) is 16.8 Å². The van der Waals surface area contributed by atoms with Gasteiger partial charge in [-0.3, -0.25) is 9.59 Å². The molecule has 12 heteroatoms. The molecule has 0 bridgehead atoms. The first-order chi connectivity index (χ1) is 20.8. The highest BCUT2D eigenvalue weighted by atomic mass is 32.2. The Hall–Kier alpha value is -2.80. The van der Waals surface area contributed by atoms with E-state index in [0.717, 1.165) is 12.8 Å². The number of piperidine rings is 2. The standard InChI is InChI=1S/C32H44N4O6S2/c1-23-17-24(2)20-35(19-23)43(39,40)29-9-5-27(6-10-29)31(37)33-13-15-34(16-14-33)32(38)28-7-11-30(12-8-28)44(41,42)36-21-25(3)18-26(4)22-36/h5-12,23-26H,13-22H2,1-4H3/t23-,24-,25-,26+/m1/s1. The Bertz CT molecular complexity index is 1430. The number of amides is 2. The van der Waals surface area contributed by atoms with E-state index in [1.54, 1.807) is 42.7 Å². The van der Waals surface area contributed by atoms with E-state index in [1.165, 1.54) is 24.3 Å². The minimum absolute atomic E-state index is 0.185. The van der Waals surface area contributed by atoms with E-state index in [2.05, 4.69) is 27.7 Å². The number of carbonyl (C=O) groups is 2. The van der Waals surface area contributed by atoms with Crippen LogP contribution in [0, 0.1) is 23.7 Å². The molecule has 5 rings (SSSR count). The van der Waals surface area contributed by atoms with Crippen LogP contribution in [0.15, 0.2) is 58.3 Å². The van der Waals surface area contributed by atoms with Crippen LogP contribution in [0.2, 0.25) is 0 Å². The number of hydrogen-bond donors (Lipinski definition) is 0. The van der Waals surface area contributed by atoms with Crippen molar-refractivity contribution in [3.63, 3.8) is 0 Å². The van der Waals surface area contributed by atoms with E-state index in [-0.39, 0.29) is 21.6 Å². The Morgan fingerprint density at radius 2 is 0.795 bits per heavy atom. The molecule has 4 atom stereocenters. The van der Waals surface area contributed by atoms with Gasteiger partial charge in [0.1, 0.15) is 0 Å². The number of benzene rings is 2. The minimum Gasteiger partial charge on any atom is -0.335 e. The van der Waals surface area contributed by atoms with E-state index >= 15 is 0 Å². The molecule has 2 aromatic rings. The Balaban J connectivity index is 1.17. The van der Waals surface area contributed by atoms with Gasteiger partial charge < -0.3 is 9.80 Å². The molecule has 240 valence electrons. The summed E-state index contributed by atoms with van der Waals surface area (Å²) >= 11 is 0. The van der Waals surface area contributed by atoms with Gasteiger partial charge in [0.25, 0.3) is 11.8 Å². The topological polar surface area (TPSA) is 115 Å². The fourth-order valence-electron chi connectivity index (χ4n) is 6.92. The fraction of sp³-hybridized carbons (Fsp3) is 0.562. The van der Waals surface area contributed by atoms with Crippen molar-refractivity contribution in [1.82, 2.24) is 18.4 Å². The van der Waals surface area contributed by atoms with Crippen molar-refractivity contribution >= 4 is 31.9 Å². The molecule has 0 unspecified atom stereocenters. The van der Waals surface area contributed by atoms with Crippen molar-refractivity contribution in [2.24, 2.45) is 23.7 Å². The molecule has 0 aromatic heterocycles. The van der Waals surface area contributed by atoms with Crippen molar-refractivity contribution in [3.8, 4) is 0 Å². The van der Waals surface area contributed by atoms with Crippen LogP contribution < -0.4 is 0 Å². The summed E-state index contributed by atoms with van der Waals surface area (Å²) in [7, 11) is -7.26. The molecule has 0 aliphatic carbocycles. The Labute approximate surface area is 262 Å². The van der Waals surface area contributed by atoms with Crippen LogP contribution in [-0.4, -0.2) is 99.4 Å². The average molecular weight is 645 g/mol. The van der Waals surface area contributed by atoms with E-state index < -0.39 is 20.0 Å². The van der Waals surface area contributed by atoms with Crippen LogP contribution in [0.25, 0.3) is 0 Å². The molecule has 3 fully saturated rings. The van der Waals surface area contributed by atoms with E-state index in [1.807, 2.05) is 0 Å². The summed E-state index contributed by atoms with van der Waals surface area (Å²) in [6.45, 7) is 11.6. The first-order valence-corrected chi connectivity index (χ1v) is 18.4. The third kappa shape index (κ3) is 6.88. The van der Waals surface area contributed by atoms with Crippen LogP contribution >= 0.6 is 0 Å². The first kappa shape index (κ1) is 32.6. The van der Waals surface area contributed by atoms with Crippen LogP contribution in [-0.2, 0) is 20.0 Å². The van der Waals surface area contributed by atoms with Crippen molar-refractivity contribution < 1.29 is 26.4 Å². The van der Waals surface area contributed by atoms with Gasteiger partial charge in [-0.15, -0.1) is 0 Å². The predicted molar refractivity (Wildman–Crippen MR) is 168 cm³/mol. The highest BCUT2D eigenvalue weighted by molar-refractivity contribution is 7.89. The lowest BCUT2D eigenvalue weighted by atomic mass is 9.94. The molecule has 0 saturated carbocycles. The summed E-state index contributed by atoms with van der Waals surface area (Å²) in [6, 6.07) is 12.2. The molecule has 0 spiro atoms. The minimum atomic E-state index is -3.63. The van der Waals surface area contributed by atoms with Crippen molar-refractivity contribution in [2.45, 2.75) is 50.3 Å². The maximum absolute atomic E-state index is 13.2. The molecule has 44 heavy (non-hydrogen) atoms. The quantitative estimate of drug-likeness (QED) is 0.475. The highest BCUT2D eigenvalue weighted by Crippen LogP contribution is 2.28. The van der Waals surface area contributed by atoms with Crippen LogP contribution in [0.3, 0.4) is 0 Å². The molecule has 0 radical (unpaired) electrons. The van der Waals surface area contributed by atoms with Gasteiger partial charge in [0, 0.05) is 63.5 Å². The molecule has 3 aliphatic rings. The molecular weight excluding hydrogens is 601 g/mol. The summed E-state index contributed by atoms with van der Waals surface area (Å²) < 4.78 is 55.9. The molecule has 3 saturated heterocycles. The maximum Gasteiger partial charge on any atom is 0.253 e. The summed E-state index contributed by atoms with van der Waals surface area (Å²) in [5.41, 5.74) is 0.803. The lowest BCUT2D eigenvalue weighted by Crippen LogP contribution is -2.50. The van der Waals surface area contributed by atoms with Gasteiger partial charge in [-0.1, -0.05) is 27.7 Å². The van der Waals surface area contributed by atoms with Gasteiger partial charge in [0.2, 0.25) is 20.0 Å². The largest absolute Gasteiger partial charge is 0.335 e. The first-order valence-electron chi connectivity index (χ1n) is 15.5. The number of hydrogen-bond acceptors (Lipinski definition) is 6. The second-order valence-electron chi connectivity index (χ2n) is 13.2. The van der Waals surface area contributed by atoms with Crippen LogP contribution in [0.5, 0.6) is 0 Å². The molecule has 3 heterocycles. The van der Waals surface area contributed by atoms with Crippen LogP contribution in [0.1, 0.15) is 61.3 Å². The summed E-state index contributed by atoms with van der Waals surface area (Å²) in [5.74, 6) is 0.774. The van der Waals surface area contributed by atoms with Gasteiger partial charge >= 0.3 is 0 Å². The smallest absolute Gasteiger partial charge is 0.253 e. The van der Waals surface area contributed by atoms with E-state index in [9.17, 15) is 26.4 Å². The lowest BCUT2D eigenvalue weighted by molar-refractivity contribution is 0.0535. The van der Waals surface area contributed by atoms with Crippen molar-refractivity contribution in [3.05, 3.63) is 59.7 Å². The number of sulfonamides is 2. The Kier molecular flexibility index (Phi) is 9.55. The Morgan fingerprint density at radius 3 is 1.07 bits per heavy atom. The normalized spacial score (nSPS) is 26.0. The second kappa shape index (κ2) is 12.9. The van der Waals surface area contributed by atoms with E-state index in [4.69, 9.17) is 0 Å². The molecular formula is C32H44N4O6S2. The maximum atomic E-state index is 13.2. The SMILES string of the molecule is C[C@@H]1C[C@@H](C)CN(S(=O)(=O)c2ccc(C(=O)N3CCN(C(=O)c4ccc(S(=O)(=O)N5C[C@H](C)C[C@H](C)C5)cc4)CC3)cc2)C1. The number of nitrogens with zero attached hydrogens (tertiary/aromatic N) is 4. The van der Waals surface area contributed by atoms with Gasteiger partial charge in [-0.05, 0) is 85.0 Å². The average Bonchev–Trinajstić information content (AvgIpc) is 2.99.